The molecule has 226 valence electrons. The van der Waals surface area contributed by atoms with Gasteiger partial charge in [0, 0.05) is 6.42 Å². The summed E-state index contributed by atoms with van der Waals surface area (Å²) in [6, 6.07) is 17.2. The first-order chi connectivity index (χ1) is 20.7. The number of para-hydroxylation sites is 2. The number of rotatable bonds is 20. The first kappa shape index (κ1) is 35.0. The minimum atomic E-state index is 0.848. The lowest BCUT2D eigenvalue weighted by molar-refractivity contribution is 0.616. The molecule has 2 rings (SSSR count). The Morgan fingerprint density at radius 1 is 0.643 bits per heavy atom. The van der Waals surface area contributed by atoms with Crippen LogP contribution in [0.1, 0.15) is 129 Å². The van der Waals surface area contributed by atoms with E-state index in [4.69, 9.17) is 9.98 Å². The Balaban J connectivity index is 2.52. The third-order valence-corrected chi connectivity index (χ3v) is 7.51. The van der Waals surface area contributed by atoms with Gasteiger partial charge in [-0.25, -0.2) is 4.99 Å². The van der Waals surface area contributed by atoms with Gasteiger partial charge in [-0.05, 0) is 88.0 Å². The van der Waals surface area contributed by atoms with Gasteiger partial charge in [0.15, 0.2) is 0 Å². The van der Waals surface area contributed by atoms with Gasteiger partial charge in [-0.3, -0.25) is 4.99 Å². The zero-order valence-electron chi connectivity index (χ0n) is 27.1. The fraction of sp³-hybridized carbons (Fsp3) is 0.500. The molecule has 0 fully saturated rings. The molecule has 0 saturated heterocycles. The molecule has 0 atom stereocenters. The normalized spacial score (nSPS) is 12.3. The minimum absolute atomic E-state index is 0.848. The summed E-state index contributed by atoms with van der Waals surface area (Å²) in [6.07, 6.45) is 26.9. The molecule has 0 aliphatic heterocycles. The van der Waals surface area contributed by atoms with Gasteiger partial charge in [0.2, 0.25) is 0 Å². The molecule has 0 N–H and O–H groups in total. The lowest BCUT2D eigenvalue weighted by Gasteiger charge is -2.11. The van der Waals surface area contributed by atoms with Crippen molar-refractivity contribution in [2.75, 3.05) is 0 Å². The molecule has 0 amide bonds. The molecule has 0 aliphatic carbocycles. The van der Waals surface area contributed by atoms with E-state index in [-0.39, 0.29) is 0 Å². The Hall–Kier alpha value is -3.18. The van der Waals surface area contributed by atoms with Crippen LogP contribution in [-0.2, 0) is 12.8 Å². The van der Waals surface area contributed by atoms with Gasteiger partial charge < -0.3 is 0 Å². The van der Waals surface area contributed by atoms with Gasteiger partial charge in [0.25, 0.3) is 0 Å². The zero-order valence-corrected chi connectivity index (χ0v) is 27.1. The van der Waals surface area contributed by atoms with Crippen LogP contribution in [-0.4, -0.2) is 11.4 Å². The summed E-state index contributed by atoms with van der Waals surface area (Å²) in [5.74, 6) is 7.03. The van der Waals surface area contributed by atoms with Crippen LogP contribution < -0.4 is 0 Å². The summed E-state index contributed by atoms with van der Waals surface area (Å²) < 4.78 is 0. The highest BCUT2D eigenvalue weighted by Crippen LogP contribution is 2.25. The molecule has 0 bridgehead atoms. The van der Waals surface area contributed by atoms with E-state index in [9.17, 15) is 0 Å². The standard InChI is InChI=1S/C40H56N2/c1-5-9-13-15-17-21-33-39(41-37-31-25-23-29-35(37)27-19-11-7-3)40(34-22-18-16-14-10-6-2)42-38-32-26-24-30-36(38)28-20-12-8-4/h7-8,11-12,23-26,29-32H,5-6,9-10,13-21,27-28,33H2,1-4H3/b11-7+,12-8+,41-39?,42-40?. The van der Waals surface area contributed by atoms with Crippen LogP contribution in [0.5, 0.6) is 0 Å². The molecule has 42 heavy (non-hydrogen) atoms. The number of aliphatic imine (C=N–C) groups is 2. The summed E-state index contributed by atoms with van der Waals surface area (Å²) in [5, 5.41) is 0. The van der Waals surface area contributed by atoms with Gasteiger partial charge in [0.05, 0.1) is 17.1 Å². The van der Waals surface area contributed by atoms with Crippen molar-refractivity contribution in [1.29, 1.82) is 0 Å². The van der Waals surface area contributed by atoms with Crippen LogP contribution >= 0.6 is 0 Å². The average Bonchev–Trinajstić information content (AvgIpc) is 3.01. The molecule has 2 heteroatoms. The quantitative estimate of drug-likeness (QED) is 0.0661. The molecule has 0 spiro atoms. The monoisotopic (exact) mass is 564 g/mol. The Kier molecular flexibility index (Phi) is 19.5. The summed E-state index contributed by atoms with van der Waals surface area (Å²) in [6.45, 7) is 8.70. The van der Waals surface area contributed by atoms with Crippen molar-refractivity contribution in [3.63, 3.8) is 0 Å². The van der Waals surface area contributed by atoms with E-state index in [1.807, 2.05) is 0 Å². The smallest absolute Gasteiger partial charge is 0.135 e. The Labute approximate surface area is 258 Å². The maximum absolute atomic E-state index is 5.35. The number of aryl methyl sites for hydroxylation is 2. The molecule has 0 aliphatic rings. The number of unbranched alkanes of at least 4 members (excludes halogenated alkanes) is 9. The molecule has 0 radical (unpaired) electrons. The predicted molar refractivity (Wildman–Crippen MR) is 188 cm³/mol. The lowest BCUT2D eigenvalue weighted by atomic mass is 10.0. The predicted octanol–water partition coefficient (Wildman–Crippen LogP) is 12.3. The molecule has 0 heterocycles. The van der Waals surface area contributed by atoms with Crippen LogP contribution in [0, 0.1) is 11.8 Å². The van der Waals surface area contributed by atoms with Crippen LogP contribution in [0.3, 0.4) is 0 Å². The number of hydrogen-bond donors (Lipinski definition) is 0. The van der Waals surface area contributed by atoms with Gasteiger partial charge >= 0.3 is 0 Å². The second kappa shape index (κ2) is 23.4. The van der Waals surface area contributed by atoms with Crippen molar-refractivity contribution in [3.8, 4) is 11.8 Å². The first-order valence-corrected chi connectivity index (χ1v) is 16.8. The third-order valence-electron chi connectivity index (χ3n) is 7.51. The van der Waals surface area contributed by atoms with E-state index in [1.165, 1.54) is 62.5 Å². The molecule has 2 aromatic carbocycles. The minimum Gasteiger partial charge on any atom is -0.250 e. The fourth-order valence-corrected chi connectivity index (χ4v) is 4.99. The van der Waals surface area contributed by atoms with Crippen LogP contribution in [0.25, 0.3) is 0 Å². The van der Waals surface area contributed by atoms with Crippen molar-refractivity contribution >= 4 is 22.8 Å². The summed E-state index contributed by atoms with van der Waals surface area (Å²) in [4.78, 5) is 10.6. The molecule has 2 nitrogen and oxygen atoms in total. The van der Waals surface area contributed by atoms with Gasteiger partial charge in [0.1, 0.15) is 5.71 Å². The van der Waals surface area contributed by atoms with Crippen molar-refractivity contribution in [3.05, 3.63) is 84.0 Å². The number of benzene rings is 2. The summed E-state index contributed by atoms with van der Waals surface area (Å²) in [5.41, 5.74) is 6.52. The highest BCUT2D eigenvalue weighted by molar-refractivity contribution is 6.49. The summed E-state index contributed by atoms with van der Waals surface area (Å²) in [7, 11) is 0. The molecule has 0 saturated carbocycles. The fourth-order valence-electron chi connectivity index (χ4n) is 4.99. The maximum atomic E-state index is 5.35. The van der Waals surface area contributed by atoms with E-state index < -0.39 is 0 Å². The third kappa shape index (κ3) is 14.6. The maximum Gasteiger partial charge on any atom is 0.135 e. The molecular formula is C40H56N2. The molecule has 0 unspecified atom stereocenters. The average molecular weight is 565 g/mol. The Morgan fingerprint density at radius 2 is 1.17 bits per heavy atom. The van der Waals surface area contributed by atoms with E-state index in [2.05, 4.69) is 112 Å². The highest BCUT2D eigenvalue weighted by atomic mass is 14.8. The van der Waals surface area contributed by atoms with E-state index in [1.54, 1.807) is 0 Å². The van der Waals surface area contributed by atoms with Gasteiger partial charge in [-0.1, -0.05) is 132 Å². The Morgan fingerprint density at radius 3 is 1.76 bits per heavy atom. The SMILES string of the molecule is C/C=C/CCc1ccccc1N=C(C#CCCCCCC)C(CCCCCCCC)=Nc1ccccc1CC/C=C/C. The zero-order chi connectivity index (χ0) is 30.1. The second-order valence-corrected chi connectivity index (χ2v) is 11.1. The number of allylic oxidation sites excluding steroid dienone is 4. The molecular weight excluding hydrogens is 508 g/mol. The topological polar surface area (TPSA) is 24.7 Å². The van der Waals surface area contributed by atoms with Crippen molar-refractivity contribution in [2.24, 2.45) is 9.98 Å². The van der Waals surface area contributed by atoms with Crippen molar-refractivity contribution < 1.29 is 0 Å². The molecule has 2 aromatic rings. The second-order valence-electron chi connectivity index (χ2n) is 11.1. The van der Waals surface area contributed by atoms with Gasteiger partial charge in [-0.2, -0.15) is 0 Å². The van der Waals surface area contributed by atoms with Crippen molar-refractivity contribution in [1.82, 2.24) is 0 Å². The number of hydrogen-bond acceptors (Lipinski definition) is 2. The first-order valence-electron chi connectivity index (χ1n) is 16.8. The van der Waals surface area contributed by atoms with Crippen LogP contribution in [0.2, 0.25) is 0 Å². The lowest BCUT2D eigenvalue weighted by Crippen LogP contribution is -2.13. The van der Waals surface area contributed by atoms with Crippen molar-refractivity contribution in [2.45, 2.75) is 130 Å². The van der Waals surface area contributed by atoms with E-state index in [0.29, 0.717) is 0 Å². The highest BCUT2D eigenvalue weighted by Gasteiger charge is 2.12. The summed E-state index contributed by atoms with van der Waals surface area (Å²) >= 11 is 0. The number of nitrogens with zero attached hydrogens (tertiary/aromatic N) is 2. The van der Waals surface area contributed by atoms with E-state index in [0.717, 1.165) is 74.2 Å². The van der Waals surface area contributed by atoms with Gasteiger partial charge in [-0.15, -0.1) is 0 Å². The van der Waals surface area contributed by atoms with Crippen LogP contribution in [0.4, 0.5) is 11.4 Å². The van der Waals surface area contributed by atoms with E-state index >= 15 is 0 Å². The van der Waals surface area contributed by atoms with Crippen LogP contribution in [0.15, 0.2) is 82.8 Å². The molecule has 0 aromatic heterocycles. The largest absolute Gasteiger partial charge is 0.250 e. The Bertz CT molecular complexity index is 1190.